The number of carboxylic acids is 1. The Morgan fingerprint density at radius 2 is 1.89 bits per heavy atom. The van der Waals surface area contributed by atoms with Crippen LogP contribution in [-0.4, -0.2) is 48.7 Å². The molecule has 1 aliphatic rings. The van der Waals surface area contributed by atoms with Crippen molar-refractivity contribution in [1.29, 1.82) is 0 Å². The van der Waals surface area contributed by atoms with Gasteiger partial charge in [-0.15, -0.1) is 0 Å². The van der Waals surface area contributed by atoms with Crippen molar-refractivity contribution in [2.75, 3.05) is 26.8 Å². The van der Waals surface area contributed by atoms with Crippen LogP contribution < -0.4 is 0 Å². The van der Waals surface area contributed by atoms with Gasteiger partial charge in [0.05, 0.1) is 12.0 Å². The van der Waals surface area contributed by atoms with Crippen LogP contribution in [0.25, 0.3) is 0 Å². The maximum atomic E-state index is 12.1. The average molecular weight is 271 g/mol. The molecule has 5 heteroatoms. The summed E-state index contributed by atoms with van der Waals surface area (Å²) in [5.41, 5.74) is -0.838. The smallest absolute Gasteiger partial charge is 0.310 e. The Labute approximate surface area is 114 Å². The van der Waals surface area contributed by atoms with Crippen molar-refractivity contribution in [1.82, 2.24) is 4.90 Å². The molecule has 0 radical (unpaired) electrons. The lowest BCUT2D eigenvalue weighted by molar-refractivity contribution is -0.155. The molecular weight excluding hydrogens is 246 g/mol. The largest absolute Gasteiger partial charge is 0.481 e. The summed E-state index contributed by atoms with van der Waals surface area (Å²) in [6, 6.07) is 0. The fourth-order valence-electron chi connectivity index (χ4n) is 2.59. The van der Waals surface area contributed by atoms with Crippen LogP contribution in [0.3, 0.4) is 0 Å². The highest BCUT2D eigenvalue weighted by Crippen LogP contribution is 2.39. The summed E-state index contributed by atoms with van der Waals surface area (Å²) in [6.45, 7) is 3.55. The molecule has 0 saturated heterocycles. The predicted molar refractivity (Wildman–Crippen MR) is 71.9 cm³/mol. The van der Waals surface area contributed by atoms with E-state index in [-0.39, 0.29) is 12.3 Å². The van der Waals surface area contributed by atoms with Gasteiger partial charge in [0.25, 0.3) is 0 Å². The first-order chi connectivity index (χ1) is 9.02. The van der Waals surface area contributed by atoms with Crippen LogP contribution in [0.15, 0.2) is 0 Å². The number of amides is 1. The van der Waals surface area contributed by atoms with Crippen molar-refractivity contribution in [3.63, 3.8) is 0 Å². The topological polar surface area (TPSA) is 66.8 Å². The molecule has 0 heterocycles. The molecule has 1 N–H and O–H groups in total. The highest BCUT2D eigenvalue weighted by atomic mass is 16.5. The molecule has 0 bridgehead atoms. The summed E-state index contributed by atoms with van der Waals surface area (Å²) in [7, 11) is 1.71. The molecule has 1 rings (SSSR count). The number of hydrogen-bond acceptors (Lipinski definition) is 3. The Morgan fingerprint density at radius 3 is 2.42 bits per heavy atom. The molecule has 1 amide bonds. The maximum absolute atomic E-state index is 12.1. The Kier molecular flexibility index (Phi) is 6.28. The lowest BCUT2D eigenvalue weighted by Crippen LogP contribution is -2.40. The first-order valence-corrected chi connectivity index (χ1v) is 7.07. The minimum atomic E-state index is -0.838. The van der Waals surface area contributed by atoms with Gasteiger partial charge in [-0.1, -0.05) is 19.3 Å². The van der Waals surface area contributed by atoms with Gasteiger partial charge in [0.1, 0.15) is 0 Å². The highest BCUT2D eigenvalue weighted by Gasteiger charge is 2.41. The van der Waals surface area contributed by atoms with Crippen LogP contribution in [0.4, 0.5) is 0 Å². The molecule has 1 saturated carbocycles. The average Bonchev–Trinajstić information content (AvgIpc) is 2.39. The number of hydrogen-bond donors (Lipinski definition) is 1. The molecule has 0 unspecified atom stereocenters. The van der Waals surface area contributed by atoms with Crippen molar-refractivity contribution in [3.05, 3.63) is 0 Å². The highest BCUT2D eigenvalue weighted by molar-refractivity contribution is 5.85. The van der Waals surface area contributed by atoms with E-state index in [1.165, 1.54) is 0 Å². The number of nitrogens with zero attached hydrogens (tertiary/aromatic N) is 1. The van der Waals surface area contributed by atoms with Crippen LogP contribution in [0.5, 0.6) is 0 Å². The number of likely N-dealkylation sites (N-methyl/N-ethyl adjacent to an activating group) is 1. The molecule has 5 nitrogen and oxygen atoms in total. The maximum Gasteiger partial charge on any atom is 0.310 e. The van der Waals surface area contributed by atoms with Crippen molar-refractivity contribution in [2.45, 2.75) is 45.4 Å². The van der Waals surface area contributed by atoms with E-state index in [0.717, 1.165) is 19.3 Å². The van der Waals surface area contributed by atoms with Crippen molar-refractivity contribution in [3.8, 4) is 0 Å². The summed E-state index contributed by atoms with van der Waals surface area (Å²) in [6.07, 6.45) is 4.24. The van der Waals surface area contributed by atoms with Gasteiger partial charge in [0.2, 0.25) is 5.91 Å². The second-order valence-electron chi connectivity index (χ2n) is 5.34. The molecule has 0 aliphatic heterocycles. The molecular formula is C14H25NO4. The summed E-state index contributed by atoms with van der Waals surface area (Å²) < 4.78 is 5.21. The second kappa shape index (κ2) is 7.48. The van der Waals surface area contributed by atoms with E-state index in [0.29, 0.717) is 32.6 Å². The van der Waals surface area contributed by atoms with E-state index in [9.17, 15) is 14.7 Å². The van der Waals surface area contributed by atoms with E-state index < -0.39 is 11.4 Å². The fourth-order valence-corrected chi connectivity index (χ4v) is 2.59. The molecule has 1 fully saturated rings. The van der Waals surface area contributed by atoms with Crippen molar-refractivity contribution in [2.24, 2.45) is 5.41 Å². The Morgan fingerprint density at radius 1 is 1.26 bits per heavy atom. The third-order valence-electron chi connectivity index (χ3n) is 3.95. The summed E-state index contributed by atoms with van der Waals surface area (Å²) in [5, 5.41) is 9.44. The third-order valence-corrected chi connectivity index (χ3v) is 3.95. The van der Waals surface area contributed by atoms with Gasteiger partial charge in [0.15, 0.2) is 0 Å². The van der Waals surface area contributed by atoms with Crippen LogP contribution >= 0.6 is 0 Å². The zero-order valence-electron chi connectivity index (χ0n) is 12.0. The number of carbonyl (C=O) groups is 2. The van der Waals surface area contributed by atoms with Gasteiger partial charge in [-0.25, -0.2) is 0 Å². The minimum Gasteiger partial charge on any atom is -0.481 e. The molecule has 1 aliphatic carbocycles. The van der Waals surface area contributed by atoms with Crippen molar-refractivity contribution < 1.29 is 19.4 Å². The first-order valence-electron chi connectivity index (χ1n) is 7.07. The quantitative estimate of drug-likeness (QED) is 0.718. The van der Waals surface area contributed by atoms with Crippen LogP contribution in [-0.2, 0) is 14.3 Å². The minimum absolute atomic E-state index is 0.0935. The molecule has 0 aromatic rings. The molecule has 0 aromatic heterocycles. The zero-order chi connectivity index (χ0) is 14.3. The van der Waals surface area contributed by atoms with Gasteiger partial charge in [-0.2, -0.15) is 0 Å². The van der Waals surface area contributed by atoms with E-state index in [4.69, 9.17) is 4.74 Å². The van der Waals surface area contributed by atoms with Gasteiger partial charge >= 0.3 is 5.97 Å². The molecule has 0 spiro atoms. The molecule has 110 valence electrons. The SMILES string of the molecule is CCOCCN(C)C(=O)CC1(C(=O)O)CCCCC1. The van der Waals surface area contributed by atoms with Gasteiger partial charge < -0.3 is 14.7 Å². The number of carbonyl (C=O) groups excluding carboxylic acids is 1. The van der Waals surface area contributed by atoms with Crippen LogP contribution in [0, 0.1) is 5.41 Å². The van der Waals surface area contributed by atoms with Crippen LogP contribution in [0.2, 0.25) is 0 Å². The number of ether oxygens (including phenoxy) is 1. The van der Waals surface area contributed by atoms with Crippen LogP contribution in [0.1, 0.15) is 45.4 Å². The first kappa shape index (κ1) is 16.0. The third kappa shape index (κ3) is 4.49. The lowest BCUT2D eigenvalue weighted by Gasteiger charge is -2.33. The van der Waals surface area contributed by atoms with Gasteiger partial charge in [-0.05, 0) is 19.8 Å². The standard InChI is InChI=1S/C14H25NO4/c1-3-19-10-9-15(2)12(16)11-14(13(17)18)7-5-4-6-8-14/h3-11H2,1-2H3,(H,17,18). The second-order valence-corrected chi connectivity index (χ2v) is 5.34. The van der Waals surface area contributed by atoms with E-state index >= 15 is 0 Å². The zero-order valence-corrected chi connectivity index (χ0v) is 12.0. The predicted octanol–water partition coefficient (Wildman–Crippen LogP) is 1.91. The van der Waals surface area contributed by atoms with Gasteiger partial charge in [0, 0.05) is 26.6 Å². The Hall–Kier alpha value is -1.10. The number of carboxylic acid groups (broad SMARTS) is 1. The monoisotopic (exact) mass is 271 g/mol. The Bertz CT molecular complexity index is 311. The summed E-state index contributed by atoms with van der Waals surface area (Å²) in [5.74, 6) is -0.914. The summed E-state index contributed by atoms with van der Waals surface area (Å²) in [4.78, 5) is 25.2. The fraction of sp³-hybridized carbons (Fsp3) is 0.857. The van der Waals surface area contributed by atoms with Gasteiger partial charge in [-0.3, -0.25) is 9.59 Å². The number of aliphatic carboxylic acids is 1. The van der Waals surface area contributed by atoms with E-state index in [2.05, 4.69) is 0 Å². The van der Waals surface area contributed by atoms with E-state index in [1.54, 1.807) is 11.9 Å². The van der Waals surface area contributed by atoms with E-state index in [1.807, 2.05) is 6.92 Å². The lowest BCUT2D eigenvalue weighted by atomic mass is 9.71. The molecule has 0 aromatic carbocycles. The Balaban J connectivity index is 2.54. The molecule has 0 atom stereocenters. The van der Waals surface area contributed by atoms with Crippen molar-refractivity contribution >= 4 is 11.9 Å². The number of rotatable bonds is 7. The summed E-state index contributed by atoms with van der Waals surface area (Å²) >= 11 is 0. The normalized spacial score (nSPS) is 18.0. The molecule has 19 heavy (non-hydrogen) atoms.